The highest BCUT2D eigenvalue weighted by atomic mass is 32.1. The Morgan fingerprint density at radius 2 is 2.06 bits per heavy atom. The van der Waals surface area contributed by atoms with E-state index in [1.54, 1.807) is 0 Å². The fourth-order valence-electron chi connectivity index (χ4n) is 3.02. The van der Waals surface area contributed by atoms with Crippen molar-refractivity contribution in [2.75, 3.05) is 26.2 Å². The summed E-state index contributed by atoms with van der Waals surface area (Å²) in [6, 6.07) is 0.485. The molecule has 1 aliphatic carbocycles. The van der Waals surface area contributed by atoms with Crippen LogP contribution in [0.25, 0.3) is 0 Å². The van der Waals surface area contributed by atoms with Crippen molar-refractivity contribution >= 4 is 11.3 Å². The molecule has 4 heteroatoms. The summed E-state index contributed by atoms with van der Waals surface area (Å²) in [5.74, 6) is 0. The van der Waals surface area contributed by atoms with Crippen molar-refractivity contribution in [2.45, 2.75) is 45.1 Å². The second kappa shape index (κ2) is 4.58. The molecule has 1 unspecified atom stereocenters. The van der Waals surface area contributed by atoms with E-state index in [4.69, 9.17) is 4.98 Å². The lowest BCUT2D eigenvalue weighted by molar-refractivity contribution is 0.185. The lowest BCUT2D eigenvalue weighted by atomic mass is 9.91. The Hall–Kier alpha value is -0.450. The molecule has 3 nitrogen and oxygen atoms in total. The first-order chi connectivity index (χ1) is 8.58. The van der Waals surface area contributed by atoms with E-state index in [2.05, 4.69) is 31.0 Å². The zero-order valence-corrected chi connectivity index (χ0v) is 12.4. The molecule has 0 spiro atoms. The van der Waals surface area contributed by atoms with Crippen LogP contribution in [0.1, 0.15) is 48.8 Å². The van der Waals surface area contributed by atoms with Gasteiger partial charge in [0, 0.05) is 36.5 Å². The van der Waals surface area contributed by atoms with Crippen LogP contribution >= 0.6 is 11.3 Å². The number of thiazole rings is 1. The summed E-state index contributed by atoms with van der Waals surface area (Å²) in [5, 5.41) is 4.74. The second-order valence-electron chi connectivity index (χ2n) is 6.17. The average Bonchev–Trinajstić information content (AvgIpc) is 2.91. The number of piperazine rings is 1. The molecular formula is C14H23N3S. The molecule has 0 saturated carbocycles. The smallest absolute Gasteiger partial charge is 0.110 e. The molecule has 1 aliphatic heterocycles. The van der Waals surface area contributed by atoms with Crippen molar-refractivity contribution in [3.8, 4) is 0 Å². The topological polar surface area (TPSA) is 28.2 Å². The number of nitrogens with zero attached hydrogens (tertiary/aromatic N) is 2. The minimum atomic E-state index is 0.299. The standard InChI is InChI=1S/C14H23N3S/c1-10(17-8-6-15-7-9-17)13-16-12-11(18-13)4-5-14(12,2)3/h10,15H,4-9H2,1-3H3. The molecule has 1 aromatic heterocycles. The quantitative estimate of drug-likeness (QED) is 0.889. The Bertz CT molecular complexity index is 432. The van der Waals surface area contributed by atoms with Crippen molar-refractivity contribution in [1.29, 1.82) is 0 Å². The summed E-state index contributed by atoms with van der Waals surface area (Å²) >= 11 is 1.95. The van der Waals surface area contributed by atoms with Gasteiger partial charge in [0.1, 0.15) is 5.01 Å². The van der Waals surface area contributed by atoms with Gasteiger partial charge in [0.2, 0.25) is 0 Å². The van der Waals surface area contributed by atoms with Crippen LogP contribution in [0.3, 0.4) is 0 Å². The summed E-state index contributed by atoms with van der Waals surface area (Å²) in [4.78, 5) is 9.07. The monoisotopic (exact) mass is 265 g/mol. The van der Waals surface area contributed by atoms with Gasteiger partial charge in [0.25, 0.3) is 0 Å². The predicted octanol–water partition coefficient (Wildman–Crippen LogP) is 2.33. The maximum Gasteiger partial charge on any atom is 0.110 e. The van der Waals surface area contributed by atoms with Gasteiger partial charge in [-0.25, -0.2) is 4.98 Å². The molecule has 2 aliphatic rings. The lowest BCUT2D eigenvalue weighted by Crippen LogP contribution is -2.44. The molecule has 0 bridgehead atoms. The average molecular weight is 265 g/mol. The fourth-order valence-corrected chi connectivity index (χ4v) is 4.35. The predicted molar refractivity (Wildman–Crippen MR) is 76.3 cm³/mol. The Morgan fingerprint density at radius 3 is 2.72 bits per heavy atom. The Kier molecular flexibility index (Phi) is 3.20. The minimum absolute atomic E-state index is 0.299. The molecule has 1 saturated heterocycles. The van der Waals surface area contributed by atoms with Crippen LogP contribution in [-0.4, -0.2) is 36.1 Å². The molecule has 1 fully saturated rings. The third-order valence-electron chi connectivity index (χ3n) is 4.39. The number of nitrogens with one attached hydrogen (secondary N) is 1. The Balaban J connectivity index is 1.81. The number of aromatic nitrogens is 1. The van der Waals surface area contributed by atoms with Gasteiger partial charge in [0.05, 0.1) is 11.7 Å². The van der Waals surface area contributed by atoms with E-state index in [-0.39, 0.29) is 0 Å². The molecule has 100 valence electrons. The highest BCUT2D eigenvalue weighted by molar-refractivity contribution is 7.11. The summed E-state index contributed by atoms with van der Waals surface area (Å²) < 4.78 is 0. The van der Waals surface area contributed by atoms with E-state index < -0.39 is 0 Å². The summed E-state index contributed by atoms with van der Waals surface area (Å²) in [5.41, 5.74) is 1.68. The number of hydrogen-bond donors (Lipinski definition) is 1. The molecule has 1 atom stereocenters. The van der Waals surface area contributed by atoms with Crippen LogP contribution in [0.4, 0.5) is 0 Å². The molecule has 2 heterocycles. The number of hydrogen-bond acceptors (Lipinski definition) is 4. The van der Waals surface area contributed by atoms with Gasteiger partial charge >= 0.3 is 0 Å². The minimum Gasteiger partial charge on any atom is -0.314 e. The Labute approximate surface area is 114 Å². The van der Waals surface area contributed by atoms with Gasteiger partial charge in [-0.1, -0.05) is 13.8 Å². The van der Waals surface area contributed by atoms with Crippen LogP contribution in [0.2, 0.25) is 0 Å². The highest BCUT2D eigenvalue weighted by Gasteiger charge is 2.35. The summed E-state index contributed by atoms with van der Waals surface area (Å²) in [7, 11) is 0. The first kappa shape index (κ1) is 12.6. The van der Waals surface area contributed by atoms with Gasteiger partial charge in [-0.3, -0.25) is 4.90 Å². The van der Waals surface area contributed by atoms with Crippen LogP contribution in [0.5, 0.6) is 0 Å². The maximum absolute atomic E-state index is 4.98. The van der Waals surface area contributed by atoms with E-state index in [9.17, 15) is 0 Å². The van der Waals surface area contributed by atoms with Gasteiger partial charge in [-0.15, -0.1) is 11.3 Å². The van der Waals surface area contributed by atoms with E-state index >= 15 is 0 Å². The van der Waals surface area contributed by atoms with Crippen molar-refractivity contribution in [2.24, 2.45) is 0 Å². The van der Waals surface area contributed by atoms with Crippen molar-refractivity contribution < 1.29 is 0 Å². The van der Waals surface area contributed by atoms with Gasteiger partial charge < -0.3 is 5.32 Å². The molecule has 0 radical (unpaired) electrons. The Morgan fingerprint density at radius 1 is 1.33 bits per heavy atom. The molecule has 1 N–H and O–H groups in total. The van der Waals surface area contributed by atoms with Crippen LogP contribution < -0.4 is 5.32 Å². The van der Waals surface area contributed by atoms with Gasteiger partial charge in [0.15, 0.2) is 0 Å². The number of aryl methyl sites for hydroxylation is 1. The molecular weight excluding hydrogens is 242 g/mol. The third kappa shape index (κ3) is 2.10. The van der Waals surface area contributed by atoms with Gasteiger partial charge in [-0.2, -0.15) is 0 Å². The van der Waals surface area contributed by atoms with E-state index in [1.807, 2.05) is 11.3 Å². The van der Waals surface area contributed by atoms with E-state index in [0.717, 1.165) is 26.2 Å². The van der Waals surface area contributed by atoms with Crippen LogP contribution in [0, 0.1) is 0 Å². The van der Waals surface area contributed by atoms with E-state index in [0.29, 0.717) is 11.5 Å². The highest BCUT2D eigenvalue weighted by Crippen LogP contribution is 2.42. The van der Waals surface area contributed by atoms with E-state index in [1.165, 1.54) is 28.4 Å². The number of fused-ring (bicyclic) bond motifs is 1. The van der Waals surface area contributed by atoms with Crippen LogP contribution in [0.15, 0.2) is 0 Å². The lowest BCUT2D eigenvalue weighted by Gasteiger charge is -2.31. The van der Waals surface area contributed by atoms with Crippen molar-refractivity contribution in [3.63, 3.8) is 0 Å². The van der Waals surface area contributed by atoms with Crippen LogP contribution in [-0.2, 0) is 11.8 Å². The molecule has 3 rings (SSSR count). The maximum atomic E-state index is 4.98. The largest absolute Gasteiger partial charge is 0.314 e. The zero-order chi connectivity index (χ0) is 12.8. The normalized spacial score (nSPS) is 25.1. The van der Waals surface area contributed by atoms with Gasteiger partial charge in [-0.05, 0) is 19.8 Å². The third-order valence-corrected chi connectivity index (χ3v) is 5.67. The van der Waals surface area contributed by atoms with Crippen molar-refractivity contribution in [1.82, 2.24) is 15.2 Å². The molecule has 0 amide bonds. The molecule has 18 heavy (non-hydrogen) atoms. The first-order valence-corrected chi connectivity index (χ1v) is 7.84. The first-order valence-electron chi connectivity index (χ1n) is 7.03. The second-order valence-corrected chi connectivity index (χ2v) is 7.28. The fraction of sp³-hybridized carbons (Fsp3) is 0.786. The molecule has 0 aromatic carbocycles. The number of rotatable bonds is 2. The zero-order valence-electron chi connectivity index (χ0n) is 11.6. The summed E-state index contributed by atoms with van der Waals surface area (Å²) in [6.07, 6.45) is 2.50. The van der Waals surface area contributed by atoms with Crippen molar-refractivity contribution in [3.05, 3.63) is 15.6 Å². The molecule has 1 aromatic rings. The SMILES string of the molecule is CC(c1nc2c(s1)CCC2(C)C)N1CCNCC1. The summed E-state index contributed by atoms with van der Waals surface area (Å²) in [6.45, 7) is 11.5.